The van der Waals surface area contributed by atoms with E-state index in [0.29, 0.717) is 0 Å². The van der Waals surface area contributed by atoms with Gasteiger partial charge in [0.05, 0.1) is 0 Å². The predicted molar refractivity (Wildman–Crippen MR) is 77.3 cm³/mol. The monoisotopic (exact) mass is 264 g/mol. The molecular formula is C12H22Cl2N2. The third kappa shape index (κ3) is 5.06. The fourth-order valence-electron chi connectivity index (χ4n) is 1.63. The smallest absolute Gasteiger partial charge is 0.0366 e. The first-order chi connectivity index (χ1) is 6.81. The van der Waals surface area contributed by atoms with Gasteiger partial charge in [-0.05, 0) is 44.5 Å². The molecule has 94 valence electrons. The maximum atomic E-state index is 5.50. The molecule has 0 saturated carbocycles. The molecule has 1 aromatic carbocycles. The van der Waals surface area contributed by atoms with Crippen molar-refractivity contribution in [2.45, 2.75) is 20.3 Å². The molecule has 0 unspecified atom stereocenters. The summed E-state index contributed by atoms with van der Waals surface area (Å²) in [5.41, 5.74) is 8.12. The molecule has 0 aliphatic rings. The zero-order chi connectivity index (χ0) is 10.4. The summed E-state index contributed by atoms with van der Waals surface area (Å²) in [6, 6.07) is 8.69. The Morgan fingerprint density at radius 1 is 1.00 bits per heavy atom. The number of halogens is 2. The summed E-state index contributed by atoms with van der Waals surface area (Å²) in [5, 5.41) is 0. The quantitative estimate of drug-likeness (QED) is 0.887. The fraction of sp³-hybridized carbons (Fsp3) is 0.500. The van der Waals surface area contributed by atoms with Crippen molar-refractivity contribution >= 4 is 30.5 Å². The molecule has 0 aliphatic carbocycles. The second kappa shape index (κ2) is 9.76. The molecular weight excluding hydrogens is 243 g/mol. The number of benzene rings is 1. The highest BCUT2D eigenvalue weighted by Crippen LogP contribution is 2.14. The maximum absolute atomic E-state index is 5.50. The summed E-state index contributed by atoms with van der Waals surface area (Å²) < 4.78 is 0. The highest BCUT2D eigenvalue weighted by molar-refractivity contribution is 5.85. The van der Waals surface area contributed by atoms with Crippen LogP contribution in [0.3, 0.4) is 0 Å². The van der Waals surface area contributed by atoms with Gasteiger partial charge in [0.15, 0.2) is 0 Å². The summed E-state index contributed by atoms with van der Waals surface area (Å²) in [6.45, 7) is 7.21. The molecule has 0 saturated heterocycles. The summed E-state index contributed by atoms with van der Waals surface area (Å²) in [6.07, 6.45) is 0.971. The summed E-state index contributed by atoms with van der Waals surface area (Å²) >= 11 is 0. The van der Waals surface area contributed by atoms with Crippen LogP contribution in [0.4, 0.5) is 5.69 Å². The maximum Gasteiger partial charge on any atom is 0.0366 e. The first kappa shape index (κ1) is 17.9. The van der Waals surface area contributed by atoms with Crippen molar-refractivity contribution in [2.24, 2.45) is 5.73 Å². The Hall–Kier alpha value is -0.440. The van der Waals surface area contributed by atoms with Gasteiger partial charge in [0.2, 0.25) is 0 Å². The zero-order valence-electron chi connectivity index (χ0n) is 9.98. The van der Waals surface area contributed by atoms with E-state index in [2.05, 4.69) is 43.0 Å². The van der Waals surface area contributed by atoms with Gasteiger partial charge in [0.1, 0.15) is 0 Å². The Balaban J connectivity index is 0. The van der Waals surface area contributed by atoms with Gasteiger partial charge in [0.25, 0.3) is 0 Å². The van der Waals surface area contributed by atoms with Crippen LogP contribution in [0.25, 0.3) is 0 Å². The van der Waals surface area contributed by atoms with Gasteiger partial charge in [0, 0.05) is 18.8 Å². The van der Waals surface area contributed by atoms with Crippen molar-refractivity contribution in [2.75, 3.05) is 24.5 Å². The standard InChI is InChI=1S/C12H20N2.2ClH/c1-3-14(4-2)12-7-5-11(6-8-12)9-10-13;;/h5-8H,3-4,9-10,13H2,1-2H3;2*1H. The molecule has 0 atom stereocenters. The molecule has 4 heteroatoms. The van der Waals surface area contributed by atoms with Crippen LogP contribution in [0.1, 0.15) is 19.4 Å². The van der Waals surface area contributed by atoms with Gasteiger partial charge in [-0.2, -0.15) is 0 Å². The van der Waals surface area contributed by atoms with E-state index >= 15 is 0 Å². The van der Waals surface area contributed by atoms with E-state index in [1.165, 1.54) is 11.3 Å². The molecule has 16 heavy (non-hydrogen) atoms. The molecule has 1 rings (SSSR count). The van der Waals surface area contributed by atoms with E-state index in [-0.39, 0.29) is 24.8 Å². The molecule has 0 spiro atoms. The van der Waals surface area contributed by atoms with Crippen LogP contribution < -0.4 is 10.6 Å². The lowest BCUT2D eigenvalue weighted by Gasteiger charge is -2.21. The van der Waals surface area contributed by atoms with E-state index < -0.39 is 0 Å². The van der Waals surface area contributed by atoms with E-state index in [9.17, 15) is 0 Å². The first-order valence-corrected chi connectivity index (χ1v) is 5.35. The van der Waals surface area contributed by atoms with Crippen LogP contribution in [0, 0.1) is 0 Å². The first-order valence-electron chi connectivity index (χ1n) is 5.35. The largest absolute Gasteiger partial charge is 0.372 e. The summed E-state index contributed by atoms with van der Waals surface area (Å²) in [4.78, 5) is 2.34. The van der Waals surface area contributed by atoms with Crippen LogP contribution in [0.5, 0.6) is 0 Å². The average molecular weight is 265 g/mol. The number of nitrogens with zero attached hydrogens (tertiary/aromatic N) is 1. The van der Waals surface area contributed by atoms with Crippen molar-refractivity contribution < 1.29 is 0 Å². The van der Waals surface area contributed by atoms with E-state index in [0.717, 1.165) is 26.1 Å². The van der Waals surface area contributed by atoms with E-state index in [1.807, 2.05) is 0 Å². The van der Waals surface area contributed by atoms with Gasteiger partial charge >= 0.3 is 0 Å². The minimum absolute atomic E-state index is 0. The van der Waals surface area contributed by atoms with Crippen LogP contribution in [0.15, 0.2) is 24.3 Å². The lowest BCUT2D eigenvalue weighted by molar-refractivity contribution is 0.865. The highest BCUT2D eigenvalue weighted by Gasteiger charge is 2.00. The van der Waals surface area contributed by atoms with E-state index in [1.54, 1.807) is 0 Å². The fourth-order valence-corrected chi connectivity index (χ4v) is 1.63. The Kier molecular flexibility index (Phi) is 10.9. The molecule has 0 bridgehead atoms. The van der Waals surface area contributed by atoms with Gasteiger partial charge in [-0.25, -0.2) is 0 Å². The molecule has 0 radical (unpaired) electrons. The average Bonchev–Trinajstić information content (AvgIpc) is 2.23. The van der Waals surface area contributed by atoms with Crippen LogP contribution in [-0.2, 0) is 6.42 Å². The molecule has 0 heterocycles. The summed E-state index contributed by atoms with van der Waals surface area (Å²) in [7, 11) is 0. The minimum atomic E-state index is 0. The third-order valence-electron chi connectivity index (χ3n) is 2.50. The molecule has 0 amide bonds. The third-order valence-corrected chi connectivity index (χ3v) is 2.50. The van der Waals surface area contributed by atoms with Crippen LogP contribution in [-0.4, -0.2) is 19.6 Å². The topological polar surface area (TPSA) is 29.3 Å². The van der Waals surface area contributed by atoms with Gasteiger partial charge in [-0.15, -0.1) is 24.8 Å². The van der Waals surface area contributed by atoms with Gasteiger partial charge in [-0.3, -0.25) is 0 Å². The van der Waals surface area contributed by atoms with Crippen LogP contribution >= 0.6 is 24.8 Å². The Labute approximate surface area is 111 Å². The van der Waals surface area contributed by atoms with Crippen molar-refractivity contribution in [1.82, 2.24) is 0 Å². The zero-order valence-corrected chi connectivity index (χ0v) is 11.6. The summed E-state index contributed by atoms with van der Waals surface area (Å²) in [5.74, 6) is 0. The normalized spacial score (nSPS) is 8.94. The molecule has 1 aromatic rings. The Morgan fingerprint density at radius 2 is 1.50 bits per heavy atom. The molecule has 2 nitrogen and oxygen atoms in total. The Morgan fingerprint density at radius 3 is 1.88 bits per heavy atom. The lowest BCUT2D eigenvalue weighted by Crippen LogP contribution is -2.21. The second-order valence-electron chi connectivity index (χ2n) is 3.38. The number of nitrogens with two attached hydrogens (primary N) is 1. The van der Waals surface area contributed by atoms with Crippen molar-refractivity contribution in [3.8, 4) is 0 Å². The van der Waals surface area contributed by atoms with Crippen molar-refractivity contribution in [3.63, 3.8) is 0 Å². The molecule has 2 N–H and O–H groups in total. The number of hydrogen-bond acceptors (Lipinski definition) is 2. The van der Waals surface area contributed by atoms with Gasteiger partial charge < -0.3 is 10.6 Å². The second-order valence-corrected chi connectivity index (χ2v) is 3.38. The molecule has 0 aliphatic heterocycles. The lowest BCUT2D eigenvalue weighted by atomic mass is 10.1. The van der Waals surface area contributed by atoms with Crippen LogP contribution in [0.2, 0.25) is 0 Å². The highest BCUT2D eigenvalue weighted by atomic mass is 35.5. The SMILES string of the molecule is CCN(CC)c1ccc(CCN)cc1.Cl.Cl. The van der Waals surface area contributed by atoms with E-state index in [4.69, 9.17) is 5.73 Å². The number of rotatable bonds is 5. The number of hydrogen-bond donors (Lipinski definition) is 1. The predicted octanol–water partition coefficient (Wildman–Crippen LogP) is 2.88. The molecule has 0 aromatic heterocycles. The Bertz CT molecular complexity index is 258. The van der Waals surface area contributed by atoms with Crippen molar-refractivity contribution in [1.29, 1.82) is 0 Å². The molecule has 0 fully saturated rings. The van der Waals surface area contributed by atoms with Crippen molar-refractivity contribution in [3.05, 3.63) is 29.8 Å². The van der Waals surface area contributed by atoms with Gasteiger partial charge in [-0.1, -0.05) is 12.1 Å². The number of anilines is 1. The minimum Gasteiger partial charge on any atom is -0.372 e.